The largest absolute Gasteiger partial charge is 0.392 e. The van der Waals surface area contributed by atoms with Crippen LogP contribution in [0.15, 0.2) is 26.8 Å². The second-order valence-electron chi connectivity index (χ2n) is 5.67. The Labute approximate surface area is 136 Å². The van der Waals surface area contributed by atoms with E-state index in [-0.39, 0.29) is 10.8 Å². The molecule has 0 bridgehead atoms. The van der Waals surface area contributed by atoms with Crippen LogP contribution >= 0.6 is 11.3 Å². The molecule has 1 fully saturated rings. The predicted molar refractivity (Wildman–Crippen MR) is 90.7 cm³/mol. The summed E-state index contributed by atoms with van der Waals surface area (Å²) in [6, 6.07) is 3.31. The van der Waals surface area contributed by atoms with E-state index in [0.717, 1.165) is 34.6 Å². The van der Waals surface area contributed by atoms with E-state index in [2.05, 4.69) is 10.5 Å². The molecule has 1 aliphatic carbocycles. The number of hydrogen-bond acceptors (Lipinski definition) is 4. The lowest BCUT2D eigenvalue weighted by Gasteiger charge is -2.06. The Bertz CT molecular complexity index is 654. The van der Waals surface area contributed by atoms with Crippen molar-refractivity contribution in [2.75, 3.05) is 20.7 Å². The third-order valence-corrected chi connectivity index (χ3v) is 6.43. The minimum atomic E-state index is -3.67. The van der Waals surface area contributed by atoms with Gasteiger partial charge in [-0.05, 0) is 36.5 Å². The summed E-state index contributed by atoms with van der Waals surface area (Å²) in [5, 5.41) is 9.58. The highest BCUT2D eigenvalue weighted by Gasteiger charge is 2.18. The number of rotatable bonds is 6. The molecule has 0 unspecified atom stereocenters. The number of sulfonamides is 1. The van der Waals surface area contributed by atoms with Gasteiger partial charge < -0.3 is 10.0 Å². The zero-order chi connectivity index (χ0) is 16.2. The second-order valence-corrected chi connectivity index (χ2v) is 8.62. The highest BCUT2D eigenvalue weighted by molar-refractivity contribution is 7.92. The number of aliphatic hydroxyl groups is 1. The summed E-state index contributed by atoms with van der Waals surface area (Å²) in [4.78, 5) is 2.37. The van der Waals surface area contributed by atoms with Crippen LogP contribution < -0.4 is 0 Å². The highest BCUT2D eigenvalue weighted by Crippen LogP contribution is 2.32. The Morgan fingerprint density at radius 2 is 2.09 bits per heavy atom. The van der Waals surface area contributed by atoms with E-state index in [1.807, 2.05) is 0 Å². The molecule has 0 atom stereocenters. The number of nitrogens with zero attached hydrogens (tertiary/aromatic N) is 2. The van der Waals surface area contributed by atoms with E-state index in [1.54, 1.807) is 31.1 Å². The number of allylic oxidation sites excluding steroid dienone is 1. The fourth-order valence-corrected chi connectivity index (χ4v) is 4.69. The summed E-state index contributed by atoms with van der Waals surface area (Å²) in [6.45, 7) is -0.0720. The third kappa shape index (κ3) is 4.41. The molecule has 122 valence electrons. The average Bonchev–Trinajstić information content (AvgIpc) is 3.14. The molecule has 0 spiro atoms. The summed E-state index contributed by atoms with van der Waals surface area (Å²) in [5.74, 6) is 0.496. The van der Waals surface area contributed by atoms with Gasteiger partial charge in [0, 0.05) is 19.0 Å². The van der Waals surface area contributed by atoms with Gasteiger partial charge in [0.2, 0.25) is 0 Å². The smallest absolute Gasteiger partial charge is 0.293 e. The maximum Gasteiger partial charge on any atom is 0.293 e. The summed E-state index contributed by atoms with van der Waals surface area (Å²) in [6.07, 6.45) is 8.11. The molecule has 0 radical (unpaired) electrons. The Morgan fingerprint density at radius 3 is 2.68 bits per heavy atom. The van der Waals surface area contributed by atoms with Gasteiger partial charge in [0.25, 0.3) is 10.0 Å². The van der Waals surface area contributed by atoms with Crippen molar-refractivity contribution in [3.63, 3.8) is 0 Å². The van der Waals surface area contributed by atoms with E-state index in [4.69, 9.17) is 0 Å². The molecule has 1 aliphatic rings. The molecule has 1 saturated carbocycles. The van der Waals surface area contributed by atoms with Crippen LogP contribution in [0.5, 0.6) is 0 Å². The lowest BCUT2D eigenvalue weighted by Crippen LogP contribution is -2.09. The summed E-state index contributed by atoms with van der Waals surface area (Å²) < 4.78 is 28.0. The molecule has 2 rings (SSSR count). The molecule has 0 amide bonds. The Balaban J connectivity index is 2.22. The van der Waals surface area contributed by atoms with Gasteiger partial charge in [-0.25, -0.2) is 0 Å². The van der Waals surface area contributed by atoms with Gasteiger partial charge in [0.1, 0.15) is 10.5 Å². The van der Waals surface area contributed by atoms with E-state index in [1.165, 1.54) is 19.2 Å². The van der Waals surface area contributed by atoms with E-state index >= 15 is 0 Å². The summed E-state index contributed by atoms with van der Waals surface area (Å²) >= 11 is 1.16. The first kappa shape index (κ1) is 17.2. The first-order valence-electron chi connectivity index (χ1n) is 7.31. The first-order valence-corrected chi connectivity index (χ1v) is 9.56. The van der Waals surface area contributed by atoms with Crippen LogP contribution in [0.4, 0.5) is 0 Å². The second kappa shape index (κ2) is 7.39. The summed E-state index contributed by atoms with van der Waals surface area (Å²) in [7, 11) is -0.235. The van der Waals surface area contributed by atoms with Crippen LogP contribution in [-0.2, 0) is 10.0 Å². The van der Waals surface area contributed by atoms with Crippen molar-refractivity contribution in [3.05, 3.63) is 23.1 Å². The van der Waals surface area contributed by atoms with Crippen LogP contribution in [-0.4, -0.2) is 45.5 Å². The van der Waals surface area contributed by atoms with Crippen molar-refractivity contribution in [2.24, 2.45) is 10.3 Å². The Kier molecular flexibility index (Phi) is 5.77. The minimum absolute atomic E-state index is 0.0720. The van der Waals surface area contributed by atoms with Crippen LogP contribution in [0, 0.1) is 5.92 Å². The van der Waals surface area contributed by atoms with Crippen LogP contribution in [0.25, 0.3) is 5.57 Å². The average molecular weight is 342 g/mol. The Morgan fingerprint density at radius 1 is 1.41 bits per heavy atom. The zero-order valence-corrected chi connectivity index (χ0v) is 14.5. The van der Waals surface area contributed by atoms with Crippen LogP contribution in [0.3, 0.4) is 0 Å². The standard InChI is InChI=1S/C15H22N2O3S2/c1-17(2)11-16-22(19,20)15-8-7-14(21-15)13(10-18)9-12-5-3-4-6-12/h7-9,11-12,18H,3-6,10H2,1-2H3/b13-9+,16-11+. The molecule has 5 nitrogen and oxygen atoms in total. The lowest BCUT2D eigenvalue weighted by atomic mass is 10.0. The van der Waals surface area contributed by atoms with Gasteiger partial charge >= 0.3 is 0 Å². The predicted octanol–water partition coefficient (Wildman–Crippen LogP) is 2.59. The van der Waals surface area contributed by atoms with Crippen molar-refractivity contribution in [2.45, 2.75) is 29.9 Å². The maximum atomic E-state index is 12.1. The van der Waals surface area contributed by atoms with E-state index in [9.17, 15) is 13.5 Å². The van der Waals surface area contributed by atoms with Gasteiger partial charge in [-0.3, -0.25) is 0 Å². The molecule has 0 saturated heterocycles. The fourth-order valence-electron chi connectivity index (χ4n) is 2.46. The van der Waals surface area contributed by atoms with Gasteiger partial charge in [-0.15, -0.1) is 15.7 Å². The number of aliphatic hydroxyl groups excluding tert-OH is 1. The quantitative estimate of drug-likeness (QED) is 0.637. The molecule has 1 aromatic heterocycles. The lowest BCUT2D eigenvalue weighted by molar-refractivity contribution is 0.349. The molecular formula is C15H22N2O3S2. The third-order valence-electron chi connectivity index (χ3n) is 3.58. The molecule has 0 aliphatic heterocycles. The maximum absolute atomic E-state index is 12.1. The van der Waals surface area contributed by atoms with Gasteiger partial charge in [-0.2, -0.15) is 8.42 Å². The van der Waals surface area contributed by atoms with Gasteiger partial charge in [0.05, 0.1) is 6.61 Å². The highest BCUT2D eigenvalue weighted by atomic mass is 32.2. The molecule has 1 aromatic rings. The van der Waals surface area contributed by atoms with Gasteiger partial charge in [-0.1, -0.05) is 18.9 Å². The molecule has 1 heterocycles. The van der Waals surface area contributed by atoms with E-state index in [0.29, 0.717) is 5.92 Å². The Hall–Kier alpha value is -1.18. The normalized spacial score (nSPS) is 17.5. The molecule has 7 heteroatoms. The molecule has 22 heavy (non-hydrogen) atoms. The van der Waals surface area contributed by atoms with Gasteiger partial charge in [0.15, 0.2) is 0 Å². The monoisotopic (exact) mass is 342 g/mol. The minimum Gasteiger partial charge on any atom is -0.392 e. The topological polar surface area (TPSA) is 70.0 Å². The van der Waals surface area contributed by atoms with Crippen molar-refractivity contribution < 1.29 is 13.5 Å². The van der Waals surface area contributed by atoms with Crippen molar-refractivity contribution in [3.8, 4) is 0 Å². The first-order chi connectivity index (χ1) is 10.4. The van der Waals surface area contributed by atoms with Crippen molar-refractivity contribution in [1.29, 1.82) is 0 Å². The SMILES string of the molecule is CN(C)/C=N/S(=O)(=O)c1ccc(/C(=C/C2CCCC2)CO)s1. The fraction of sp³-hybridized carbons (Fsp3) is 0.533. The molecular weight excluding hydrogens is 320 g/mol. The van der Waals surface area contributed by atoms with Crippen molar-refractivity contribution >= 4 is 33.3 Å². The molecule has 1 N–H and O–H groups in total. The van der Waals surface area contributed by atoms with E-state index < -0.39 is 10.0 Å². The van der Waals surface area contributed by atoms with Crippen LogP contribution in [0.2, 0.25) is 0 Å². The summed E-state index contributed by atoms with van der Waals surface area (Å²) in [5.41, 5.74) is 0.815. The number of hydrogen-bond donors (Lipinski definition) is 1. The zero-order valence-electron chi connectivity index (χ0n) is 12.9. The van der Waals surface area contributed by atoms with Crippen LogP contribution in [0.1, 0.15) is 30.6 Å². The van der Waals surface area contributed by atoms with Crippen molar-refractivity contribution in [1.82, 2.24) is 4.90 Å². The number of thiophene rings is 1. The molecule has 0 aromatic carbocycles.